The van der Waals surface area contributed by atoms with Gasteiger partial charge in [-0.15, -0.1) is 0 Å². The average Bonchev–Trinajstić information content (AvgIpc) is 3.53. The quantitative estimate of drug-likeness (QED) is 0.172. The van der Waals surface area contributed by atoms with Gasteiger partial charge in [0.05, 0.1) is 11.4 Å². The lowest BCUT2D eigenvalue weighted by Gasteiger charge is -2.61. The Bertz CT molecular complexity index is 2630. The number of anilines is 3. The second kappa shape index (κ2) is 12.0. The van der Waals surface area contributed by atoms with E-state index in [0.29, 0.717) is 0 Å². The van der Waals surface area contributed by atoms with Crippen LogP contribution >= 0.6 is 0 Å². The molecule has 0 aliphatic heterocycles. The maximum absolute atomic E-state index is 2.57. The van der Waals surface area contributed by atoms with Crippen molar-refractivity contribution in [3.05, 3.63) is 187 Å². The summed E-state index contributed by atoms with van der Waals surface area (Å²) in [5.41, 5.74) is 14.9. The maximum Gasteiger partial charge on any atom is 0.0540 e. The monoisotopic (exact) mass is 705 g/mol. The summed E-state index contributed by atoms with van der Waals surface area (Å²) in [6, 6.07) is 66.2. The van der Waals surface area contributed by atoms with Gasteiger partial charge in [0.15, 0.2) is 0 Å². The molecular formula is C54H43N. The minimum atomic E-state index is 0.150. The average molecular weight is 706 g/mol. The third-order valence-corrected chi connectivity index (χ3v) is 14.2. The SMILES string of the molecule is c1ccc(-c2ccc(N(c3ccc4c(c3)-c3ccccc3C43C4CC5CC(C4)CC3C5)c3ccc(-c4ccccc4)c4ccccc34)c3ccccc23)cc1. The fourth-order valence-corrected chi connectivity index (χ4v) is 12.4. The standard InChI is InChI=1S/C54H43N/c1-3-13-37(14-4-1)42-24-27-52(47-20-9-7-17-44(42)47)55(53-28-25-43(38-15-5-2-6-16-38)45-18-8-10-21-48(45)53)41-23-26-51-49(34-41)46-19-11-12-22-50(46)54(51)39-30-35-29-36(32-39)33-40(54)31-35/h1-28,34-36,39-40H,29-33H2. The molecule has 0 radical (unpaired) electrons. The number of hydrogen-bond donors (Lipinski definition) is 0. The van der Waals surface area contributed by atoms with Crippen molar-refractivity contribution in [1.82, 2.24) is 0 Å². The van der Waals surface area contributed by atoms with Crippen molar-refractivity contribution < 1.29 is 0 Å². The third kappa shape index (κ3) is 4.53. The van der Waals surface area contributed by atoms with Crippen LogP contribution < -0.4 is 4.90 Å². The molecule has 5 aliphatic carbocycles. The summed E-state index contributed by atoms with van der Waals surface area (Å²) in [6.45, 7) is 0. The Morgan fingerprint density at radius 2 is 0.836 bits per heavy atom. The molecule has 1 nitrogen and oxygen atoms in total. The Morgan fingerprint density at radius 3 is 1.40 bits per heavy atom. The summed E-state index contributed by atoms with van der Waals surface area (Å²) < 4.78 is 0. The topological polar surface area (TPSA) is 3.24 Å². The molecule has 8 aromatic carbocycles. The highest BCUT2D eigenvalue weighted by Gasteiger charge is 2.61. The molecule has 5 aliphatic rings. The van der Waals surface area contributed by atoms with Gasteiger partial charge in [0.25, 0.3) is 0 Å². The normalized spacial score (nSPS) is 23.0. The molecule has 0 N–H and O–H groups in total. The molecule has 0 heterocycles. The van der Waals surface area contributed by atoms with Gasteiger partial charge in [-0.1, -0.05) is 152 Å². The van der Waals surface area contributed by atoms with E-state index < -0.39 is 0 Å². The molecule has 4 saturated carbocycles. The number of nitrogens with zero attached hydrogens (tertiary/aromatic N) is 1. The Morgan fingerprint density at radius 1 is 0.364 bits per heavy atom. The van der Waals surface area contributed by atoms with Crippen LogP contribution in [-0.2, 0) is 5.41 Å². The van der Waals surface area contributed by atoms with Gasteiger partial charge >= 0.3 is 0 Å². The first-order valence-electron chi connectivity index (χ1n) is 20.4. The van der Waals surface area contributed by atoms with Crippen molar-refractivity contribution in [2.24, 2.45) is 23.7 Å². The van der Waals surface area contributed by atoms with Crippen LogP contribution in [0.5, 0.6) is 0 Å². The first kappa shape index (κ1) is 31.4. The number of hydrogen-bond acceptors (Lipinski definition) is 1. The lowest BCUT2D eigenvalue weighted by Crippen LogP contribution is -2.55. The Balaban J connectivity index is 1.11. The van der Waals surface area contributed by atoms with E-state index in [1.807, 2.05) is 0 Å². The zero-order valence-corrected chi connectivity index (χ0v) is 31.0. The molecule has 0 saturated heterocycles. The van der Waals surface area contributed by atoms with Crippen LogP contribution in [0.25, 0.3) is 54.9 Å². The fourth-order valence-electron chi connectivity index (χ4n) is 12.4. The lowest BCUT2D eigenvalue weighted by molar-refractivity contribution is -0.0399. The van der Waals surface area contributed by atoms with Crippen LogP contribution in [0.15, 0.2) is 176 Å². The molecule has 8 aromatic rings. The second-order valence-corrected chi connectivity index (χ2v) is 16.9. The highest BCUT2D eigenvalue weighted by Crippen LogP contribution is 2.69. The van der Waals surface area contributed by atoms with Gasteiger partial charge in [-0.3, -0.25) is 0 Å². The number of benzene rings is 8. The van der Waals surface area contributed by atoms with E-state index in [1.165, 1.54) is 104 Å². The van der Waals surface area contributed by atoms with E-state index in [-0.39, 0.29) is 5.41 Å². The molecular weight excluding hydrogens is 663 g/mol. The van der Waals surface area contributed by atoms with E-state index in [4.69, 9.17) is 0 Å². The largest absolute Gasteiger partial charge is 0.309 e. The Hall–Kier alpha value is -5.92. The molecule has 55 heavy (non-hydrogen) atoms. The second-order valence-electron chi connectivity index (χ2n) is 16.9. The van der Waals surface area contributed by atoms with Crippen molar-refractivity contribution >= 4 is 38.6 Å². The van der Waals surface area contributed by atoms with E-state index in [0.717, 1.165) is 23.7 Å². The minimum absolute atomic E-state index is 0.150. The van der Waals surface area contributed by atoms with Crippen molar-refractivity contribution in [3.63, 3.8) is 0 Å². The molecule has 13 rings (SSSR count). The Labute approximate surface area is 323 Å². The molecule has 0 atom stereocenters. The zero-order chi connectivity index (χ0) is 36.1. The van der Waals surface area contributed by atoms with Crippen molar-refractivity contribution in [2.45, 2.75) is 37.5 Å². The predicted molar refractivity (Wildman–Crippen MR) is 230 cm³/mol. The highest BCUT2D eigenvalue weighted by atomic mass is 15.1. The van der Waals surface area contributed by atoms with Crippen molar-refractivity contribution in [3.8, 4) is 33.4 Å². The first-order chi connectivity index (χ1) is 27.3. The van der Waals surface area contributed by atoms with E-state index >= 15 is 0 Å². The summed E-state index contributed by atoms with van der Waals surface area (Å²) in [5, 5.41) is 5.03. The molecule has 0 aromatic heterocycles. The Kier molecular flexibility index (Phi) is 6.88. The first-order valence-corrected chi connectivity index (χ1v) is 20.4. The lowest BCUT2D eigenvalue weighted by atomic mass is 9.43. The molecule has 4 bridgehead atoms. The summed E-state index contributed by atoms with van der Waals surface area (Å²) in [4.78, 5) is 2.57. The predicted octanol–water partition coefficient (Wildman–Crippen LogP) is 14.5. The van der Waals surface area contributed by atoms with Crippen LogP contribution in [-0.4, -0.2) is 0 Å². The fraction of sp³-hybridized carbons (Fsp3) is 0.185. The highest BCUT2D eigenvalue weighted by molar-refractivity contribution is 6.11. The van der Waals surface area contributed by atoms with Gasteiger partial charge in [-0.2, -0.15) is 0 Å². The number of rotatable bonds is 5. The van der Waals surface area contributed by atoms with E-state index in [9.17, 15) is 0 Å². The summed E-state index contributed by atoms with van der Waals surface area (Å²) >= 11 is 0. The zero-order valence-electron chi connectivity index (χ0n) is 31.0. The van der Waals surface area contributed by atoms with Gasteiger partial charge in [-0.25, -0.2) is 0 Å². The van der Waals surface area contributed by atoms with Crippen molar-refractivity contribution in [1.29, 1.82) is 0 Å². The summed E-state index contributed by atoms with van der Waals surface area (Å²) in [6.07, 6.45) is 7.06. The van der Waals surface area contributed by atoms with E-state index in [1.54, 1.807) is 11.1 Å². The molecule has 0 amide bonds. The summed E-state index contributed by atoms with van der Waals surface area (Å²) in [7, 11) is 0. The van der Waals surface area contributed by atoms with E-state index in [2.05, 4.69) is 181 Å². The number of fused-ring (bicyclic) bond motifs is 5. The molecule has 1 heteroatoms. The molecule has 0 unspecified atom stereocenters. The van der Waals surface area contributed by atoms with Gasteiger partial charge in [-0.05, 0) is 135 Å². The maximum atomic E-state index is 2.57. The molecule has 4 fully saturated rings. The van der Waals surface area contributed by atoms with Crippen LogP contribution in [0.1, 0.15) is 43.2 Å². The van der Waals surface area contributed by atoms with Gasteiger partial charge in [0.2, 0.25) is 0 Å². The molecule has 264 valence electrons. The van der Waals surface area contributed by atoms with Crippen molar-refractivity contribution in [2.75, 3.05) is 4.90 Å². The van der Waals surface area contributed by atoms with Crippen LogP contribution in [0.4, 0.5) is 17.1 Å². The summed E-state index contributed by atoms with van der Waals surface area (Å²) in [5.74, 6) is 3.35. The van der Waals surface area contributed by atoms with Crippen LogP contribution in [0.3, 0.4) is 0 Å². The smallest absolute Gasteiger partial charge is 0.0540 e. The van der Waals surface area contributed by atoms with Gasteiger partial charge < -0.3 is 4.90 Å². The third-order valence-electron chi connectivity index (χ3n) is 14.2. The van der Waals surface area contributed by atoms with Gasteiger partial charge in [0, 0.05) is 21.9 Å². The van der Waals surface area contributed by atoms with Crippen LogP contribution in [0, 0.1) is 23.7 Å². The molecule has 1 spiro atoms. The van der Waals surface area contributed by atoms with Crippen LogP contribution in [0.2, 0.25) is 0 Å². The minimum Gasteiger partial charge on any atom is -0.309 e. The van der Waals surface area contributed by atoms with Gasteiger partial charge in [0.1, 0.15) is 0 Å².